The number of rotatable bonds is 13. The number of nitrogens with one attached hydrogen (secondary N) is 2. The van der Waals surface area contributed by atoms with Gasteiger partial charge < -0.3 is 25.0 Å². The van der Waals surface area contributed by atoms with Gasteiger partial charge in [0.2, 0.25) is 0 Å². The van der Waals surface area contributed by atoms with E-state index in [1.807, 2.05) is 0 Å². The van der Waals surface area contributed by atoms with Crippen LogP contribution in [0.1, 0.15) is 58.6 Å². The summed E-state index contributed by atoms with van der Waals surface area (Å²) in [6.07, 6.45) is 3.23. The zero-order valence-corrected chi connectivity index (χ0v) is 20.3. The van der Waals surface area contributed by atoms with Gasteiger partial charge in [0.15, 0.2) is 5.96 Å². The molecule has 1 aliphatic heterocycles. The molecule has 1 aromatic carbocycles. The van der Waals surface area contributed by atoms with Crippen molar-refractivity contribution in [2.45, 2.75) is 58.5 Å². The normalized spacial score (nSPS) is 18.4. The first-order chi connectivity index (χ1) is 15.1. The molecule has 31 heavy (non-hydrogen) atoms. The highest BCUT2D eigenvalue weighted by molar-refractivity contribution is 5.80. The van der Waals surface area contributed by atoms with Crippen LogP contribution in [-0.2, 0) is 9.47 Å². The van der Waals surface area contributed by atoms with Crippen molar-refractivity contribution < 1.29 is 9.47 Å². The van der Waals surface area contributed by atoms with Crippen molar-refractivity contribution in [3.63, 3.8) is 0 Å². The number of guanidine groups is 1. The van der Waals surface area contributed by atoms with Crippen molar-refractivity contribution in [1.29, 1.82) is 0 Å². The van der Waals surface area contributed by atoms with Crippen molar-refractivity contribution in [3.05, 3.63) is 35.9 Å². The number of methoxy groups -OCH3 is 1. The Morgan fingerprint density at radius 2 is 1.94 bits per heavy atom. The summed E-state index contributed by atoms with van der Waals surface area (Å²) in [4.78, 5) is 7.50. The molecular weight excluding hydrogens is 388 g/mol. The largest absolute Gasteiger partial charge is 0.382 e. The Morgan fingerprint density at radius 3 is 2.58 bits per heavy atom. The molecule has 1 heterocycles. The van der Waals surface area contributed by atoms with Crippen molar-refractivity contribution in [1.82, 2.24) is 15.5 Å². The highest BCUT2D eigenvalue weighted by Crippen LogP contribution is 2.23. The van der Waals surface area contributed by atoms with Crippen molar-refractivity contribution >= 4 is 5.96 Å². The lowest BCUT2D eigenvalue weighted by Crippen LogP contribution is -2.49. The van der Waals surface area contributed by atoms with E-state index in [0.29, 0.717) is 25.2 Å². The summed E-state index contributed by atoms with van der Waals surface area (Å²) in [7, 11) is 1.71. The maximum atomic E-state index is 5.76. The van der Waals surface area contributed by atoms with Gasteiger partial charge in [0.1, 0.15) is 0 Å². The summed E-state index contributed by atoms with van der Waals surface area (Å²) in [5, 5.41) is 7.41. The van der Waals surface area contributed by atoms with Crippen LogP contribution >= 0.6 is 0 Å². The topological polar surface area (TPSA) is 58.1 Å². The van der Waals surface area contributed by atoms with Crippen LogP contribution in [0.25, 0.3) is 0 Å². The van der Waals surface area contributed by atoms with E-state index >= 15 is 0 Å². The van der Waals surface area contributed by atoms with Gasteiger partial charge >= 0.3 is 0 Å². The number of ether oxygens (including phenoxy) is 2. The molecule has 0 aromatic heterocycles. The average Bonchev–Trinajstić information content (AvgIpc) is 3.28. The number of benzene rings is 1. The fourth-order valence-electron chi connectivity index (χ4n) is 4.21. The second-order valence-corrected chi connectivity index (χ2v) is 8.60. The Balaban J connectivity index is 2.00. The monoisotopic (exact) mass is 432 g/mol. The molecule has 2 unspecified atom stereocenters. The second kappa shape index (κ2) is 13.7. The number of hydrogen-bond acceptors (Lipinski definition) is 4. The molecule has 176 valence electrons. The third kappa shape index (κ3) is 8.09. The van der Waals surface area contributed by atoms with E-state index in [2.05, 4.69) is 73.6 Å². The van der Waals surface area contributed by atoms with Crippen LogP contribution in [0.2, 0.25) is 0 Å². The summed E-state index contributed by atoms with van der Waals surface area (Å²) in [6, 6.07) is 11.0. The third-order valence-corrected chi connectivity index (χ3v) is 6.41. The fourth-order valence-corrected chi connectivity index (χ4v) is 4.21. The zero-order valence-electron chi connectivity index (χ0n) is 20.3. The molecule has 0 bridgehead atoms. The highest BCUT2D eigenvalue weighted by atomic mass is 16.5. The maximum Gasteiger partial charge on any atom is 0.193 e. The molecule has 0 spiro atoms. The lowest BCUT2D eigenvalue weighted by molar-refractivity contribution is 0.0536. The Hall–Kier alpha value is -1.63. The first kappa shape index (κ1) is 25.6. The number of aliphatic imine (C=N–C) groups is 1. The molecule has 2 atom stereocenters. The molecule has 0 amide bonds. The van der Waals surface area contributed by atoms with Crippen LogP contribution in [-0.4, -0.2) is 69.5 Å². The van der Waals surface area contributed by atoms with Gasteiger partial charge in [0.05, 0.1) is 26.4 Å². The van der Waals surface area contributed by atoms with Gasteiger partial charge in [-0.3, -0.25) is 4.99 Å². The van der Waals surface area contributed by atoms with Gasteiger partial charge in [-0.1, -0.05) is 44.2 Å². The van der Waals surface area contributed by atoms with E-state index in [9.17, 15) is 0 Å². The summed E-state index contributed by atoms with van der Waals surface area (Å²) in [6.45, 7) is 14.7. The van der Waals surface area contributed by atoms with Crippen LogP contribution in [0.4, 0.5) is 0 Å². The quantitative estimate of drug-likeness (QED) is 0.282. The molecule has 2 rings (SSSR count). The second-order valence-electron chi connectivity index (χ2n) is 8.60. The molecule has 1 aliphatic rings. The SMILES string of the molecule is CCNC(=NCC(CC)(CC)NC(C)c1ccccc1)N1CCC(COCCOC)C1. The molecule has 6 nitrogen and oxygen atoms in total. The summed E-state index contributed by atoms with van der Waals surface area (Å²) >= 11 is 0. The lowest BCUT2D eigenvalue weighted by Gasteiger charge is -2.35. The van der Waals surface area contributed by atoms with Crippen molar-refractivity contribution in [2.24, 2.45) is 10.9 Å². The molecule has 0 aliphatic carbocycles. The van der Waals surface area contributed by atoms with E-state index in [0.717, 1.165) is 58.0 Å². The standard InChI is InChI=1S/C25H44N4O2/c1-6-25(7-2,28-21(4)23-12-10-9-11-13-23)20-27-24(26-8-3)29-15-14-22(18-29)19-31-17-16-30-5/h9-13,21-22,28H,6-8,14-20H2,1-5H3,(H,26,27). The van der Waals surface area contributed by atoms with Crippen LogP contribution in [0.3, 0.4) is 0 Å². The smallest absolute Gasteiger partial charge is 0.193 e. The van der Waals surface area contributed by atoms with E-state index in [1.54, 1.807) is 7.11 Å². The molecular formula is C25H44N4O2. The van der Waals surface area contributed by atoms with E-state index in [-0.39, 0.29) is 5.54 Å². The van der Waals surface area contributed by atoms with Crippen molar-refractivity contribution in [3.8, 4) is 0 Å². The molecule has 0 radical (unpaired) electrons. The van der Waals surface area contributed by atoms with Crippen LogP contribution in [0.15, 0.2) is 35.3 Å². The Labute approximate surface area is 189 Å². The Morgan fingerprint density at radius 1 is 1.19 bits per heavy atom. The molecule has 1 fully saturated rings. The van der Waals surface area contributed by atoms with Crippen molar-refractivity contribution in [2.75, 3.05) is 53.1 Å². The first-order valence-corrected chi connectivity index (χ1v) is 12.0. The van der Waals surface area contributed by atoms with Gasteiger partial charge in [-0.15, -0.1) is 0 Å². The van der Waals surface area contributed by atoms with Gasteiger partial charge in [-0.2, -0.15) is 0 Å². The van der Waals surface area contributed by atoms with Gasteiger partial charge in [-0.05, 0) is 38.7 Å². The molecule has 6 heteroatoms. The predicted molar refractivity (Wildman–Crippen MR) is 130 cm³/mol. The molecule has 1 aromatic rings. The minimum absolute atomic E-state index is 0.0156. The average molecular weight is 433 g/mol. The van der Waals surface area contributed by atoms with E-state index in [1.165, 1.54) is 5.56 Å². The van der Waals surface area contributed by atoms with Crippen LogP contribution in [0.5, 0.6) is 0 Å². The first-order valence-electron chi connectivity index (χ1n) is 12.0. The molecule has 1 saturated heterocycles. The van der Waals surface area contributed by atoms with E-state index in [4.69, 9.17) is 14.5 Å². The molecule has 0 saturated carbocycles. The zero-order chi connectivity index (χ0) is 22.5. The number of nitrogens with zero attached hydrogens (tertiary/aromatic N) is 2. The minimum atomic E-state index is -0.0156. The predicted octanol–water partition coefficient (Wildman–Crippen LogP) is 3.85. The van der Waals surface area contributed by atoms with Crippen LogP contribution < -0.4 is 10.6 Å². The van der Waals surface area contributed by atoms with Gasteiger partial charge in [-0.25, -0.2) is 0 Å². The summed E-state index contributed by atoms with van der Waals surface area (Å²) in [5.74, 6) is 1.58. The fraction of sp³-hybridized carbons (Fsp3) is 0.720. The Kier molecular flexibility index (Phi) is 11.3. The van der Waals surface area contributed by atoms with E-state index < -0.39 is 0 Å². The van der Waals surface area contributed by atoms with Crippen LogP contribution in [0, 0.1) is 5.92 Å². The summed E-state index contributed by atoms with van der Waals surface area (Å²) < 4.78 is 10.8. The van der Waals surface area contributed by atoms with Gasteiger partial charge in [0, 0.05) is 44.2 Å². The third-order valence-electron chi connectivity index (χ3n) is 6.41. The van der Waals surface area contributed by atoms with Gasteiger partial charge in [0.25, 0.3) is 0 Å². The minimum Gasteiger partial charge on any atom is -0.382 e. The lowest BCUT2D eigenvalue weighted by atomic mass is 9.90. The highest BCUT2D eigenvalue weighted by Gasteiger charge is 2.30. The molecule has 2 N–H and O–H groups in total. The number of hydrogen-bond donors (Lipinski definition) is 2. The maximum absolute atomic E-state index is 5.76. The summed E-state index contributed by atoms with van der Waals surface area (Å²) in [5.41, 5.74) is 1.30. The Bertz CT molecular complexity index is 634. The number of likely N-dealkylation sites (tertiary alicyclic amines) is 1.